The standard InChI is InChI=1S/C7H6BrO/c8-7(9)6-4-2-1-3-5-6/h1-5,9H. The summed E-state index contributed by atoms with van der Waals surface area (Å²) in [6.45, 7) is 0. The number of benzene rings is 1. The molecule has 0 saturated carbocycles. The third kappa shape index (κ3) is 1.80. The molecule has 0 unspecified atom stereocenters. The molecule has 0 bridgehead atoms. The van der Waals surface area contributed by atoms with Gasteiger partial charge in [0.15, 0.2) is 5.01 Å². The Balaban J connectivity index is 2.85. The van der Waals surface area contributed by atoms with Crippen LogP contribution < -0.4 is 0 Å². The molecule has 47 valence electrons. The van der Waals surface area contributed by atoms with E-state index in [2.05, 4.69) is 15.9 Å². The van der Waals surface area contributed by atoms with Gasteiger partial charge in [-0.15, -0.1) is 0 Å². The molecule has 0 aliphatic rings. The smallest absolute Gasteiger partial charge is 0.188 e. The number of halogens is 1. The van der Waals surface area contributed by atoms with Crippen molar-refractivity contribution in [3.05, 3.63) is 40.9 Å². The maximum Gasteiger partial charge on any atom is 0.188 e. The molecule has 0 amide bonds. The first-order chi connectivity index (χ1) is 4.30. The highest BCUT2D eigenvalue weighted by atomic mass is 79.9. The molecule has 0 aliphatic heterocycles. The molecule has 0 aromatic heterocycles. The van der Waals surface area contributed by atoms with Gasteiger partial charge in [0.05, 0.1) is 0 Å². The Kier molecular flexibility index (Phi) is 2.25. The van der Waals surface area contributed by atoms with Gasteiger partial charge in [0.25, 0.3) is 0 Å². The van der Waals surface area contributed by atoms with Gasteiger partial charge in [-0.05, 0) is 21.5 Å². The lowest BCUT2D eigenvalue weighted by Crippen LogP contribution is -1.84. The summed E-state index contributed by atoms with van der Waals surface area (Å²) < 4.78 is 0. The molecule has 1 N–H and O–H groups in total. The molecule has 1 radical (unpaired) electrons. The van der Waals surface area contributed by atoms with Crippen molar-refractivity contribution < 1.29 is 5.11 Å². The average molecular weight is 186 g/mol. The molecule has 1 aromatic rings. The summed E-state index contributed by atoms with van der Waals surface area (Å²) in [6, 6.07) is 9.28. The molecule has 0 saturated heterocycles. The van der Waals surface area contributed by atoms with Crippen molar-refractivity contribution in [3.8, 4) is 0 Å². The Morgan fingerprint density at radius 2 is 1.78 bits per heavy atom. The van der Waals surface area contributed by atoms with Crippen LogP contribution in [0.5, 0.6) is 0 Å². The van der Waals surface area contributed by atoms with E-state index in [9.17, 15) is 0 Å². The van der Waals surface area contributed by atoms with Crippen LogP contribution >= 0.6 is 15.9 Å². The van der Waals surface area contributed by atoms with E-state index in [-0.39, 0.29) is 5.01 Å². The fraction of sp³-hybridized carbons (Fsp3) is 0. The first-order valence-corrected chi connectivity index (χ1v) is 3.37. The van der Waals surface area contributed by atoms with E-state index in [1.165, 1.54) is 0 Å². The minimum Gasteiger partial charge on any atom is -0.371 e. The summed E-state index contributed by atoms with van der Waals surface area (Å²) in [5.74, 6) is 0. The summed E-state index contributed by atoms with van der Waals surface area (Å²) >= 11 is 2.95. The minimum atomic E-state index is 0.183. The Morgan fingerprint density at radius 3 is 2.11 bits per heavy atom. The first-order valence-electron chi connectivity index (χ1n) is 2.57. The number of rotatable bonds is 1. The fourth-order valence-electron chi connectivity index (χ4n) is 0.576. The molecule has 1 nitrogen and oxygen atoms in total. The fourth-order valence-corrected chi connectivity index (χ4v) is 0.840. The van der Waals surface area contributed by atoms with Crippen LogP contribution in [0.2, 0.25) is 0 Å². The zero-order chi connectivity index (χ0) is 6.69. The van der Waals surface area contributed by atoms with Crippen molar-refractivity contribution in [2.24, 2.45) is 0 Å². The van der Waals surface area contributed by atoms with Crippen molar-refractivity contribution in [2.75, 3.05) is 0 Å². The number of aliphatic hydroxyl groups is 1. The summed E-state index contributed by atoms with van der Waals surface area (Å²) in [5.41, 5.74) is 0.803. The Hall–Kier alpha value is -0.340. The van der Waals surface area contributed by atoms with Gasteiger partial charge in [0.2, 0.25) is 0 Å². The van der Waals surface area contributed by atoms with Crippen LogP contribution in [0.4, 0.5) is 0 Å². The van der Waals surface area contributed by atoms with Gasteiger partial charge < -0.3 is 5.11 Å². The van der Waals surface area contributed by atoms with Crippen LogP contribution in [0.3, 0.4) is 0 Å². The predicted molar refractivity (Wildman–Crippen MR) is 39.6 cm³/mol. The number of aliphatic hydroxyl groups excluding tert-OH is 1. The topological polar surface area (TPSA) is 20.2 Å². The van der Waals surface area contributed by atoms with Gasteiger partial charge in [0, 0.05) is 0 Å². The van der Waals surface area contributed by atoms with Crippen molar-refractivity contribution in [2.45, 2.75) is 0 Å². The highest BCUT2D eigenvalue weighted by molar-refractivity contribution is 9.11. The van der Waals surface area contributed by atoms with E-state index >= 15 is 0 Å². The van der Waals surface area contributed by atoms with Gasteiger partial charge in [-0.25, -0.2) is 0 Å². The Bertz CT molecular complexity index is 172. The second-order valence-electron chi connectivity index (χ2n) is 1.66. The molecule has 0 spiro atoms. The summed E-state index contributed by atoms with van der Waals surface area (Å²) in [4.78, 5) is 0. The van der Waals surface area contributed by atoms with Crippen LogP contribution in [-0.4, -0.2) is 5.11 Å². The third-order valence-corrected chi connectivity index (χ3v) is 1.47. The summed E-state index contributed by atoms with van der Waals surface area (Å²) in [7, 11) is 0. The lowest BCUT2D eigenvalue weighted by Gasteiger charge is -1.97. The SMILES string of the molecule is O[C](Br)c1ccccc1. The molecule has 1 rings (SSSR count). The molecule has 0 atom stereocenters. The van der Waals surface area contributed by atoms with E-state index in [1.807, 2.05) is 30.3 Å². The van der Waals surface area contributed by atoms with Crippen molar-refractivity contribution in [1.82, 2.24) is 0 Å². The van der Waals surface area contributed by atoms with Crippen molar-refractivity contribution in [1.29, 1.82) is 0 Å². The molecule has 0 heterocycles. The van der Waals surface area contributed by atoms with Crippen LogP contribution in [0.1, 0.15) is 5.56 Å². The molecular weight excluding hydrogens is 180 g/mol. The highest BCUT2D eigenvalue weighted by Gasteiger charge is 1.99. The van der Waals surface area contributed by atoms with Crippen molar-refractivity contribution in [3.63, 3.8) is 0 Å². The van der Waals surface area contributed by atoms with Crippen LogP contribution in [0.25, 0.3) is 0 Å². The van der Waals surface area contributed by atoms with Crippen molar-refractivity contribution >= 4 is 15.9 Å². The largest absolute Gasteiger partial charge is 0.371 e. The first kappa shape index (κ1) is 6.78. The summed E-state index contributed by atoms with van der Waals surface area (Å²) in [6.07, 6.45) is 0. The van der Waals surface area contributed by atoms with E-state index in [4.69, 9.17) is 5.11 Å². The van der Waals surface area contributed by atoms with Crippen LogP contribution in [-0.2, 0) is 0 Å². The zero-order valence-electron chi connectivity index (χ0n) is 4.71. The quantitative estimate of drug-likeness (QED) is 0.713. The van der Waals surface area contributed by atoms with Gasteiger partial charge in [0.1, 0.15) is 0 Å². The maximum atomic E-state index is 8.86. The number of hydrogen-bond donors (Lipinski definition) is 1. The van der Waals surface area contributed by atoms with Crippen LogP contribution in [0.15, 0.2) is 30.3 Å². The predicted octanol–water partition coefficient (Wildman–Crippen LogP) is 2.29. The normalized spacial score (nSPS) is 10.1. The molecule has 2 heteroatoms. The van der Waals surface area contributed by atoms with E-state index < -0.39 is 0 Å². The van der Waals surface area contributed by atoms with E-state index in [0.717, 1.165) is 5.56 Å². The zero-order valence-corrected chi connectivity index (χ0v) is 6.30. The minimum absolute atomic E-state index is 0.183. The van der Waals surface area contributed by atoms with Crippen LogP contribution in [0, 0.1) is 5.01 Å². The molecule has 0 aliphatic carbocycles. The third-order valence-electron chi connectivity index (χ3n) is 1.01. The van der Waals surface area contributed by atoms with Gasteiger partial charge in [-0.3, -0.25) is 0 Å². The Morgan fingerprint density at radius 1 is 1.22 bits per heavy atom. The van der Waals surface area contributed by atoms with E-state index in [0.29, 0.717) is 0 Å². The average Bonchev–Trinajstić information content (AvgIpc) is 1.90. The monoisotopic (exact) mass is 185 g/mol. The lowest BCUT2D eigenvalue weighted by molar-refractivity contribution is 0.398. The molecule has 9 heavy (non-hydrogen) atoms. The maximum absolute atomic E-state index is 8.86. The highest BCUT2D eigenvalue weighted by Crippen LogP contribution is 2.16. The van der Waals surface area contributed by atoms with Gasteiger partial charge >= 0.3 is 0 Å². The van der Waals surface area contributed by atoms with Gasteiger partial charge in [-0.2, -0.15) is 0 Å². The second kappa shape index (κ2) is 2.99. The number of hydrogen-bond acceptors (Lipinski definition) is 1. The van der Waals surface area contributed by atoms with E-state index in [1.54, 1.807) is 0 Å². The molecule has 0 fully saturated rings. The Labute approximate surface area is 62.5 Å². The second-order valence-corrected chi connectivity index (χ2v) is 2.41. The lowest BCUT2D eigenvalue weighted by atomic mass is 10.2. The van der Waals surface area contributed by atoms with Gasteiger partial charge in [-0.1, -0.05) is 30.3 Å². The summed E-state index contributed by atoms with van der Waals surface area (Å²) in [5, 5.41) is 9.04. The molecular formula is C7H6BrO. The molecule has 1 aromatic carbocycles.